The minimum absolute atomic E-state index is 0.499. The molecular formula is C17H16ClNOS. The number of benzene rings is 2. The van der Waals surface area contributed by atoms with Crippen molar-refractivity contribution >= 4 is 28.8 Å². The third-order valence-electron chi connectivity index (χ3n) is 2.85. The molecule has 0 radical (unpaired) electrons. The van der Waals surface area contributed by atoms with E-state index < -0.39 is 0 Å². The average Bonchev–Trinajstić information content (AvgIpc) is 2.52. The van der Waals surface area contributed by atoms with Crippen molar-refractivity contribution in [2.75, 3.05) is 6.61 Å². The smallest absolute Gasteiger partial charge is 0.119 e. The molecule has 0 fully saturated rings. The molecule has 0 aliphatic rings. The fraction of sp³-hybridized carbons (Fsp3) is 0.118. The maximum Gasteiger partial charge on any atom is 0.119 e. The zero-order valence-electron chi connectivity index (χ0n) is 11.5. The van der Waals surface area contributed by atoms with E-state index in [9.17, 15) is 0 Å². The highest BCUT2D eigenvalue weighted by atomic mass is 35.5. The van der Waals surface area contributed by atoms with Gasteiger partial charge in [0.2, 0.25) is 0 Å². The first-order valence-electron chi connectivity index (χ1n) is 6.55. The minimum Gasteiger partial charge on any atom is -0.490 e. The number of thiocarbonyl (C=S) groups is 1. The van der Waals surface area contributed by atoms with Crippen LogP contribution in [0.1, 0.15) is 11.1 Å². The first-order valence-corrected chi connectivity index (χ1v) is 7.34. The van der Waals surface area contributed by atoms with Crippen molar-refractivity contribution < 1.29 is 4.74 Å². The molecule has 0 saturated carbocycles. The van der Waals surface area contributed by atoms with Gasteiger partial charge in [-0.1, -0.05) is 48.6 Å². The van der Waals surface area contributed by atoms with Crippen molar-refractivity contribution in [3.63, 3.8) is 0 Å². The van der Waals surface area contributed by atoms with Crippen LogP contribution in [0.15, 0.2) is 61.2 Å². The quantitative estimate of drug-likeness (QED) is 0.631. The fourth-order valence-electron chi connectivity index (χ4n) is 1.74. The van der Waals surface area contributed by atoms with Gasteiger partial charge < -0.3 is 10.1 Å². The molecule has 2 nitrogen and oxygen atoms in total. The molecule has 0 atom stereocenters. The van der Waals surface area contributed by atoms with Crippen LogP contribution in [0, 0.1) is 0 Å². The average molecular weight is 318 g/mol. The molecule has 1 N–H and O–H groups in total. The minimum atomic E-state index is 0.499. The van der Waals surface area contributed by atoms with Gasteiger partial charge in [0.25, 0.3) is 0 Å². The molecule has 0 amide bonds. The van der Waals surface area contributed by atoms with E-state index >= 15 is 0 Å². The summed E-state index contributed by atoms with van der Waals surface area (Å²) in [6.07, 6.45) is 1.71. The van der Waals surface area contributed by atoms with Gasteiger partial charge in [-0.3, -0.25) is 0 Å². The zero-order valence-corrected chi connectivity index (χ0v) is 13.1. The molecule has 108 valence electrons. The van der Waals surface area contributed by atoms with E-state index in [4.69, 9.17) is 28.6 Å². The lowest BCUT2D eigenvalue weighted by Crippen LogP contribution is -2.21. The molecule has 2 aromatic carbocycles. The van der Waals surface area contributed by atoms with Crippen molar-refractivity contribution in [3.8, 4) is 5.75 Å². The Kier molecular flexibility index (Phi) is 5.78. The van der Waals surface area contributed by atoms with Crippen LogP contribution in [-0.4, -0.2) is 11.6 Å². The normalized spacial score (nSPS) is 9.95. The van der Waals surface area contributed by atoms with Gasteiger partial charge in [-0.15, -0.1) is 0 Å². The third kappa shape index (κ3) is 4.88. The Morgan fingerprint density at radius 1 is 1.14 bits per heavy atom. The lowest BCUT2D eigenvalue weighted by atomic mass is 10.2. The van der Waals surface area contributed by atoms with E-state index in [-0.39, 0.29) is 0 Å². The number of hydrogen-bond acceptors (Lipinski definition) is 2. The van der Waals surface area contributed by atoms with E-state index in [1.807, 2.05) is 48.5 Å². The lowest BCUT2D eigenvalue weighted by molar-refractivity contribution is 0.363. The highest BCUT2D eigenvalue weighted by molar-refractivity contribution is 7.80. The Morgan fingerprint density at radius 3 is 2.43 bits per heavy atom. The number of nitrogens with one attached hydrogen (secondary N) is 1. The maximum absolute atomic E-state index is 5.86. The van der Waals surface area contributed by atoms with Crippen LogP contribution >= 0.6 is 23.8 Å². The van der Waals surface area contributed by atoms with Gasteiger partial charge in [0, 0.05) is 17.1 Å². The third-order valence-corrected chi connectivity index (χ3v) is 3.48. The van der Waals surface area contributed by atoms with Crippen LogP contribution in [0.4, 0.5) is 0 Å². The molecule has 0 aliphatic carbocycles. The van der Waals surface area contributed by atoms with Gasteiger partial charge in [0.15, 0.2) is 0 Å². The summed E-state index contributed by atoms with van der Waals surface area (Å²) in [4.78, 5) is 0.709. The van der Waals surface area contributed by atoms with Gasteiger partial charge in [0.1, 0.15) is 17.3 Å². The summed E-state index contributed by atoms with van der Waals surface area (Å²) in [7, 11) is 0. The fourth-order valence-corrected chi connectivity index (χ4v) is 2.08. The molecule has 0 saturated heterocycles. The van der Waals surface area contributed by atoms with Crippen LogP contribution in [0.25, 0.3) is 0 Å². The van der Waals surface area contributed by atoms with Gasteiger partial charge in [-0.05, 0) is 42.0 Å². The van der Waals surface area contributed by atoms with Crippen LogP contribution < -0.4 is 10.1 Å². The standard InChI is InChI=1S/C17H16ClNOS/c1-2-11-20-16-9-5-14(6-10-16)17(21)19-12-13-3-7-15(18)8-4-13/h2-10H,1,11-12H2,(H,19,21). The van der Waals surface area contributed by atoms with E-state index in [1.165, 1.54) is 0 Å². The predicted octanol–water partition coefficient (Wildman–Crippen LogP) is 4.37. The predicted molar refractivity (Wildman–Crippen MR) is 92.1 cm³/mol. The largest absolute Gasteiger partial charge is 0.490 e. The van der Waals surface area contributed by atoms with Crippen LogP contribution in [-0.2, 0) is 6.54 Å². The molecule has 0 unspecified atom stereocenters. The first kappa shape index (κ1) is 15.5. The Labute approximate surface area is 135 Å². The zero-order chi connectivity index (χ0) is 15.1. The molecule has 0 heterocycles. The second-order valence-electron chi connectivity index (χ2n) is 4.43. The van der Waals surface area contributed by atoms with E-state index in [2.05, 4.69) is 11.9 Å². The van der Waals surface area contributed by atoms with Gasteiger partial charge >= 0.3 is 0 Å². The van der Waals surface area contributed by atoms with Crippen LogP contribution in [0.2, 0.25) is 5.02 Å². The number of rotatable bonds is 6. The van der Waals surface area contributed by atoms with Crippen molar-refractivity contribution in [1.82, 2.24) is 5.32 Å². The molecule has 2 aromatic rings. The van der Waals surface area contributed by atoms with E-state index in [0.29, 0.717) is 18.1 Å². The van der Waals surface area contributed by atoms with Gasteiger partial charge in [0.05, 0.1) is 0 Å². The highest BCUT2D eigenvalue weighted by Crippen LogP contribution is 2.13. The maximum atomic E-state index is 5.86. The Morgan fingerprint density at radius 2 is 1.81 bits per heavy atom. The molecule has 0 aromatic heterocycles. The van der Waals surface area contributed by atoms with Crippen LogP contribution in [0.3, 0.4) is 0 Å². The molecule has 2 rings (SSSR count). The Hall–Kier alpha value is -1.84. The van der Waals surface area contributed by atoms with E-state index in [1.54, 1.807) is 6.08 Å². The summed E-state index contributed by atoms with van der Waals surface area (Å²) in [5.74, 6) is 0.805. The molecule has 0 bridgehead atoms. The summed E-state index contributed by atoms with van der Waals surface area (Å²) in [6.45, 7) is 4.79. The summed E-state index contributed by atoms with van der Waals surface area (Å²) in [5.41, 5.74) is 2.10. The first-order chi connectivity index (χ1) is 10.2. The van der Waals surface area contributed by atoms with Crippen molar-refractivity contribution in [2.24, 2.45) is 0 Å². The van der Waals surface area contributed by atoms with Crippen molar-refractivity contribution in [3.05, 3.63) is 77.3 Å². The monoisotopic (exact) mass is 317 g/mol. The number of halogens is 1. The molecule has 4 heteroatoms. The summed E-state index contributed by atoms with van der Waals surface area (Å²) >= 11 is 11.2. The SMILES string of the molecule is C=CCOc1ccc(C(=S)NCc2ccc(Cl)cc2)cc1. The van der Waals surface area contributed by atoms with E-state index in [0.717, 1.165) is 21.9 Å². The van der Waals surface area contributed by atoms with Crippen molar-refractivity contribution in [2.45, 2.75) is 6.54 Å². The van der Waals surface area contributed by atoms with Gasteiger partial charge in [-0.2, -0.15) is 0 Å². The molecule has 0 spiro atoms. The second-order valence-corrected chi connectivity index (χ2v) is 5.28. The van der Waals surface area contributed by atoms with Crippen molar-refractivity contribution in [1.29, 1.82) is 0 Å². The molecular weight excluding hydrogens is 302 g/mol. The van der Waals surface area contributed by atoms with Gasteiger partial charge in [-0.25, -0.2) is 0 Å². The molecule has 0 aliphatic heterocycles. The Balaban J connectivity index is 1.90. The highest BCUT2D eigenvalue weighted by Gasteiger charge is 2.02. The Bertz CT molecular complexity index is 608. The summed E-state index contributed by atoms with van der Waals surface area (Å²) in [5, 5.41) is 3.96. The summed E-state index contributed by atoms with van der Waals surface area (Å²) < 4.78 is 5.44. The summed E-state index contributed by atoms with van der Waals surface area (Å²) in [6, 6.07) is 15.4. The topological polar surface area (TPSA) is 21.3 Å². The molecule has 21 heavy (non-hydrogen) atoms. The van der Waals surface area contributed by atoms with Crippen LogP contribution in [0.5, 0.6) is 5.75 Å². The lowest BCUT2D eigenvalue weighted by Gasteiger charge is -2.09. The number of ether oxygens (including phenoxy) is 1. The second kappa shape index (κ2) is 7.81. The number of hydrogen-bond donors (Lipinski definition) is 1.